The molecule has 1 fully saturated rings. The summed E-state index contributed by atoms with van der Waals surface area (Å²) in [6, 6.07) is 11.7. The topological polar surface area (TPSA) is 38.0 Å². The van der Waals surface area contributed by atoms with E-state index in [0.717, 1.165) is 19.5 Å². The minimum Gasteiger partial charge on any atom is -0.330 e. The summed E-state index contributed by atoms with van der Waals surface area (Å²) in [6.45, 7) is 1.93. The molecule has 0 radical (unpaired) electrons. The van der Waals surface area contributed by atoms with Gasteiger partial charge in [0.15, 0.2) is 0 Å². The highest BCUT2D eigenvalue weighted by Gasteiger charge is 2.25. The van der Waals surface area contributed by atoms with Crippen LogP contribution in [0.15, 0.2) is 30.3 Å². The molecule has 0 aromatic heterocycles. The van der Waals surface area contributed by atoms with Crippen molar-refractivity contribution in [3.05, 3.63) is 35.9 Å². The van der Waals surface area contributed by atoms with Gasteiger partial charge in [-0.2, -0.15) is 0 Å². The van der Waals surface area contributed by atoms with Crippen molar-refractivity contribution in [2.45, 2.75) is 50.5 Å². The molecular weight excluding hydrogens is 220 g/mol. The lowest BCUT2D eigenvalue weighted by Crippen LogP contribution is -2.37. The molecule has 2 nitrogen and oxygen atoms in total. The summed E-state index contributed by atoms with van der Waals surface area (Å²) in [7, 11) is 0. The summed E-state index contributed by atoms with van der Waals surface area (Å²) in [5.41, 5.74) is 7.05. The summed E-state index contributed by atoms with van der Waals surface area (Å²) < 4.78 is 0. The molecule has 0 aliphatic heterocycles. The SMILES string of the molecule is NCCCCNC1CCCCC1c1ccccc1. The normalized spacial score (nSPS) is 24.1. The van der Waals surface area contributed by atoms with Crippen LogP contribution in [-0.4, -0.2) is 19.1 Å². The predicted octanol–water partition coefficient (Wildman–Crippen LogP) is 3.04. The third kappa shape index (κ3) is 3.82. The third-order valence-corrected chi connectivity index (χ3v) is 4.03. The molecule has 2 atom stereocenters. The fraction of sp³-hybridized carbons (Fsp3) is 0.625. The maximum Gasteiger partial charge on any atom is 0.0136 e. The molecule has 18 heavy (non-hydrogen) atoms. The van der Waals surface area contributed by atoms with E-state index in [1.165, 1.54) is 37.7 Å². The molecule has 0 heterocycles. The van der Waals surface area contributed by atoms with Gasteiger partial charge in [0.2, 0.25) is 0 Å². The second kappa shape index (κ2) is 7.55. The largest absolute Gasteiger partial charge is 0.330 e. The van der Waals surface area contributed by atoms with Gasteiger partial charge in [0.05, 0.1) is 0 Å². The second-order valence-electron chi connectivity index (χ2n) is 5.36. The Kier molecular flexibility index (Phi) is 5.69. The minimum absolute atomic E-state index is 0.666. The molecule has 0 bridgehead atoms. The van der Waals surface area contributed by atoms with Crippen LogP contribution in [0.2, 0.25) is 0 Å². The molecule has 1 aliphatic carbocycles. The molecule has 1 aromatic rings. The van der Waals surface area contributed by atoms with Crippen molar-refractivity contribution in [2.24, 2.45) is 5.73 Å². The first-order valence-electron chi connectivity index (χ1n) is 7.40. The first-order valence-corrected chi connectivity index (χ1v) is 7.40. The maximum atomic E-state index is 5.54. The number of nitrogens with two attached hydrogens (primary N) is 1. The highest BCUT2D eigenvalue weighted by Crippen LogP contribution is 2.32. The van der Waals surface area contributed by atoms with Gasteiger partial charge < -0.3 is 11.1 Å². The number of unbranched alkanes of at least 4 members (excludes halogenated alkanes) is 1. The number of rotatable bonds is 6. The molecule has 2 heteroatoms. The summed E-state index contributed by atoms with van der Waals surface area (Å²) in [5, 5.41) is 3.75. The van der Waals surface area contributed by atoms with E-state index >= 15 is 0 Å². The molecule has 0 saturated heterocycles. The number of hydrogen-bond acceptors (Lipinski definition) is 2. The first kappa shape index (κ1) is 13.6. The lowest BCUT2D eigenvalue weighted by Gasteiger charge is -2.33. The average molecular weight is 246 g/mol. The van der Waals surface area contributed by atoms with Crippen molar-refractivity contribution in [3.8, 4) is 0 Å². The van der Waals surface area contributed by atoms with Crippen LogP contribution in [-0.2, 0) is 0 Å². The van der Waals surface area contributed by atoms with E-state index in [4.69, 9.17) is 5.73 Å². The van der Waals surface area contributed by atoms with Crippen LogP contribution >= 0.6 is 0 Å². The third-order valence-electron chi connectivity index (χ3n) is 4.03. The average Bonchev–Trinajstić information content (AvgIpc) is 2.45. The van der Waals surface area contributed by atoms with E-state index in [0.29, 0.717) is 12.0 Å². The molecule has 2 rings (SSSR count). The van der Waals surface area contributed by atoms with Gasteiger partial charge in [-0.15, -0.1) is 0 Å². The Balaban J connectivity index is 1.90. The van der Waals surface area contributed by atoms with Crippen molar-refractivity contribution in [1.82, 2.24) is 5.32 Å². The van der Waals surface area contributed by atoms with Gasteiger partial charge in [0, 0.05) is 6.04 Å². The number of hydrogen-bond donors (Lipinski definition) is 2. The minimum atomic E-state index is 0.666. The van der Waals surface area contributed by atoms with Crippen LogP contribution in [0.3, 0.4) is 0 Å². The molecule has 0 spiro atoms. The van der Waals surface area contributed by atoms with Crippen LogP contribution in [0.25, 0.3) is 0 Å². The van der Waals surface area contributed by atoms with Crippen LogP contribution in [0.4, 0.5) is 0 Å². The van der Waals surface area contributed by atoms with Gasteiger partial charge in [0.25, 0.3) is 0 Å². The zero-order chi connectivity index (χ0) is 12.6. The van der Waals surface area contributed by atoms with Crippen molar-refractivity contribution < 1.29 is 0 Å². The Morgan fingerprint density at radius 3 is 2.61 bits per heavy atom. The highest BCUT2D eigenvalue weighted by molar-refractivity contribution is 5.21. The van der Waals surface area contributed by atoms with E-state index in [-0.39, 0.29) is 0 Å². The van der Waals surface area contributed by atoms with Gasteiger partial charge in [-0.05, 0) is 50.3 Å². The lowest BCUT2D eigenvalue weighted by molar-refractivity contribution is 0.326. The van der Waals surface area contributed by atoms with Gasteiger partial charge in [-0.1, -0.05) is 43.2 Å². The molecular formula is C16H26N2. The Hall–Kier alpha value is -0.860. The van der Waals surface area contributed by atoms with Crippen molar-refractivity contribution >= 4 is 0 Å². The Morgan fingerprint density at radius 1 is 1.06 bits per heavy atom. The Morgan fingerprint density at radius 2 is 1.83 bits per heavy atom. The molecule has 1 aliphatic rings. The quantitative estimate of drug-likeness (QED) is 0.757. The predicted molar refractivity (Wildman–Crippen MR) is 77.7 cm³/mol. The van der Waals surface area contributed by atoms with E-state index in [9.17, 15) is 0 Å². The summed E-state index contributed by atoms with van der Waals surface area (Å²) in [4.78, 5) is 0. The summed E-state index contributed by atoms with van der Waals surface area (Å²) >= 11 is 0. The summed E-state index contributed by atoms with van der Waals surface area (Å²) in [5.74, 6) is 0.706. The zero-order valence-corrected chi connectivity index (χ0v) is 11.3. The van der Waals surface area contributed by atoms with Gasteiger partial charge in [-0.3, -0.25) is 0 Å². The van der Waals surface area contributed by atoms with Crippen LogP contribution in [0.1, 0.15) is 50.0 Å². The van der Waals surface area contributed by atoms with E-state index in [2.05, 4.69) is 35.6 Å². The van der Waals surface area contributed by atoms with Crippen molar-refractivity contribution in [1.29, 1.82) is 0 Å². The monoisotopic (exact) mass is 246 g/mol. The fourth-order valence-electron chi connectivity index (χ4n) is 3.03. The van der Waals surface area contributed by atoms with Gasteiger partial charge in [0.1, 0.15) is 0 Å². The second-order valence-corrected chi connectivity index (χ2v) is 5.36. The molecule has 1 saturated carbocycles. The molecule has 3 N–H and O–H groups in total. The van der Waals surface area contributed by atoms with Crippen LogP contribution in [0, 0.1) is 0 Å². The number of benzene rings is 1. The highest BCUT2D eigenvalue weighted by atomic mass is 14.9. The number of nitrogens with one attached hydrogen (secondary N) is 1. The lowest BCUT2D eigenvalue weighted by atomic mass is 9.80. The fourth-order valence-corrected chi connectivity index (χ4v) is 3.03. The zero-order valence-electron chi connectivity index (χ0n) is 11.3. The smallest absolute Gasteiger partial charge is 0.0136 e. The van der Waals surface area contributed by atoms with Crippen molar-refractivity contribution in [2.75, 3.05) is 13.1 Å². The first-order chi connectivity index (χ1) is 8.92. The Bertz CT molecular complexity index is 323. The molecule has 1 aromatic carbocycles. The maximum absolute atomic E-state index is 5.54. The van der Waals surface area contributed by atoms with Gasteiger partial charge in [-0.25, -0.2) is 0 Å². The van der Waals surface area contributed by atoms with E-state index < -0.39 is 0 Å². The van der Waals surface area contributed by atoms with Crippen LogP contribution < -0.4 is 11.1 Å². The standard InChI is InChI=1S/C16H26N2/c17-12-6-7-13-18-16-11-5-4-10-15(16)14-8-2-1-3-9-14/h1-3,8-9,15-16,18H,4-7,10-13,17H2. The van der Waals surface area contributed by atoms with Gasteiger partial charge >= 0.3 is 0 Å². The van der Waals surface area contributed by atoms with Crippen molar-refractivity contribution in [3.63, 3.8) is 0 Å². The Labute approximate surface area is 111 Å². The van der Waals surface area contributed by atoms with E-state index in [1.807, 2.05) is 0 Å². The van der Waals surface area contributed by atoms with E-state index in [1.54, 1.807) is 0 Å². The van der Waals surface area contributed by atoms with Crippen LogP contribution in [0.5, 0.6) is 0 Å². The molecule has 2 unspecified atom stereocenters. The summed E-state index contributed by atoms with van der Waals surface area (Å²) in [6.07, 6.45) is 7.74. The molecule has 0 amide bonds. The molecule has 100 valence electrons.